The molecule has 0 bridgehead atoms. The predicted molar refractivity (Wildman–Crippen MR) is 92.7 cm³/mol. The third-order valence-corrected chi connectivity index (χ3v) is 3.69. The highest BCUT2D eigenvalue weighted by atomic mass is 35.5. The highest BCUT2D eigenvalue weighted by Gasteiger charge is 2.20. The number of rotatable bonds is 7. The number of hydrogen-bond acceptors (Lipinski definition) is 5. The molecule has 1 atom stereocenters. The summed E-state index contributed by atoms with van der Waals surface area (Å²) >= 11 is 11.8. The number of anilines is 1. The Labute approximate surface area is 149 Å². The SMILES string of the molecule is CCC(Oc1ncc(Cl)cc1Cl)C(=O)NCc1cccc(NO)c1. The van der Waals surface area contributed by atoms with Crippen LogP contribution >= 0.6 is 23.2 Å². The predicted octanol–water partition coefficient (Wildman–Crippen LogP) is 3.66. The van der Waals surface area contributed by atoms with Crippen LogP contribution in [0.25, 0.3) is 0 Å². The lowest BCUT2D eigenvalue weighted by Gasteiger charge is -2.17. The largest absolute Gasteiger partial charge is 0.463 e. The fraction of sp³-hybridized carbons (Fsp3) is 0.250. The van der Waals surface area contributed by atoms with Crippen LogP contribution in [0.4, 0.5) is 5.69 Å². The molecule has 128 valence electrons. The van der Waals surface area contributed by atoms with E-state index in [2.05, 4.69) is 15.8 Å². The van der Waals surface area contributed by atoms with Crippen molar-refractivity contribution in [2.45, 2.75) is 26.0 Å². The van der Waals surface area contributed by atoms with Crippen LogP contribution in [-0.2, 0) is 11.3 Å². The summed E-state index contributed by atoms with van der Waals surface area (Å²) in [6, 6.07) is 8.53. The quantitative estimate of drug-likeness (QED) is 0.648. The van der Waals surface area contributed by atoms with Crippen molar-refractivity contribution >= 4 is 34.8 Å². The van der Waals surface area contributed by atoms with Crippen molar-refractivity contribution in [1.29, 1.82) is 0 Å². The van der Waals surface area contributed by atoms with E-state index < -0.39 is 6.10 Å². The number of nitrogens with zero attached hydrogens (tertiary/aromatic N) is 1. The third-order valence-electron chi connectivity index (χ3n) is 3.21. The van der Waals surface area contributed by atoms with Gasteiger partial charge >= 0.3 is 0 Å². The van der Waals surface area contributed by atoms with Crippen molar-refractivity contribution in [3.8, 4) is 5.88 Å². The molecule has 2 aromatic rings. The lowest BCUT2D eigenvalue weighted by atomic mass is 10.2. The molecule has 6 nitrogen and oxygen atoms in total. The minimum atomic E-state index is -0.727. The number of pyridine rings is 1. The Morgan fingerprint density at radius 3 is 2.83 bits per heavy atom. The van der Waals surface area contributed by atoms with Crippen LogP contribution in [0.2, 0.25) is 10.0 Å². The number of benzene rings is 1. The maximum Gasteiger partial charge on any atom is 0.261 e. The lowest BCUT2D eigenvalue weighted by Crippen LogP contribution is -2.37. The molecule has 1 aromatic carbocycles. The Bertz CT molecular complexity index is 713. The van der Waals surface area contributed by atoms with E-state index in [1.807, 2.05) is 13.0 Å². The Hall–Kier alpha value is -2.02. The molecule has 0 aliphatic heterocycles. The minimum Gasteiger partial charge on any atom is -0.463 e. The number of halogens is 2. The first-order valence-corrected chi connectivity index (χ1v) is 8.03. The molecule has 0 aliphatic carbocycles. The Kier molecular flexibility index (Phi) is 6.66. The molecule has 1 heterocycles. The first kappa shape index (κ1) is 18.3. The van der Waals surface area contributed by atoms with Gasteiger partial charge in [0.1, 0.15) is 5.02 Å². The zero-order chi connectivity index (χ0) is 17.5. The van der Waals surface area contributed by atoms with E-state index in [-0.39, 0.29) is 16.8 Å². The van der Waals surface area contributed by atoms with E-state index in [0.29, 0.717) is 23.7 Å². The second kappa shape index (κ2) is 8.73. The summed E-state index contributed by atoms with van der Waals surface area (Å²) in [6.07, 6.45) is 1.13. The van der Waals surface area contributed by atoms with E-state index >= 15 is 0 Å². The third kappa shape index (κ3) is 4.99. The van der Waals surface area contributed by atoms with Gasteiger partial charge in [-0.2, -0.15) is 0 Å². The fourth-order valence-corrected chi connectivity index (χ4v) is 2.42. The highest BCUT2D eigenvalue weighted by molar-refractivity contribution is 6.35. The molecule has 3 N–H and O–H groups in total. The highest BCUT2D eigenvalue weighted by Crippen LogP contribution is 2.25. The molecule has 1 unspecified atom stereocenters. The molecule has 0 spiro atoms. The number of hydrogen-bond donors (Lipinski definition) is 3. The number of carbonyl (C=O) groups is 1. The molecule has 0 aliphatic rings. The van der Waals surface area contributed by atoms with Gasteiger partial charge < -0.3 is 10.1 Å². The van der Waals surface area contributed by atoms with Gasteiger partial charge in [0, 0.05) is 12.7 Å². The Balaban J connectivity index is 1.98. The lowest BCUT2D eigenvalue weighted by molar-refractivity contribution is -0.128. The first-order chi connectivity index (χ1) is 11.5. The van der Waals surface area contributed by atoms with Gasteiger partial charge in [-0.25, -0.2) is 4.98 Å². The standard InChI is InChI=1S/C16H17Cl2N3O3/c1-2-14(24-16-13(18)7-11(17)9-20-16)15(22)19-8-10-4-3-5-12(6-10)21-23/h3-7,9,14,21,23H,2,8H2,1H3,(H,19,22). The van der Waals surface area contributed by atoms with E-state index in [1.54, 1.807) is 18.2 Å². The van der Waals surface area contributed by atoms with Gasteiger partial charge in [0.05, 0.1) is 10.7 Å². The van der Waals surface area contributed by atoms with Gasteiger partial charge in [-0.15, -0.1) is 0 Å². The van der Waals surface area contributed by atoms with Crippen molar-refractivity contribution in [3.05, 3.63) is 52.1 Å². The summed E-state index contributed by atoms with van der Waals surface area (Å²) in [5, 5.41) is 12.3. The van der Waals surface area contributed by atoms with Gasteiger partial charge in [-0.3, -0.25) is 15.5 Å². The molecule has 24 heavy (non-hydrogen) atoms. The normalized spacial score (nSPS) is 11.7. The smallest absolute Gasteiger partial charge is 0.261 e. The summed E-state index contributed by atoms with van der Waals surface area (Å²) in [7, 11) is 0. The number of aromatic nitrogens is 1. The number of carbonyl (C=O) groups excluding carboxylic acids is 1. The molecule has 0 saturated carbocycles. The maximum atomic E-state index is 12.3. The van der Waals surface area contributed by atoms with E-state index in [9.17, 15) is 4.79 Å². The van der Waals surface area contributed by atoms with Crippen molar-refractivity contribution in [1.82, 2.24) is 10.3 Å². The maximum absolute atomic E-state index is 12.3. The Morgan fingerprint density at radius 1 is 1.38 bits per heavy atom. The molecule has 1 amide bonds. The van der Waals surface area contributed by atoms with E-state index in [4.69, 9.17) is 33.1 Å². The molecule has 1 aromatic heterocycles. The van der Waals surface area contributed by atoms with Crippen molar-refractivity contribution in [2.75, 3.05) is 5.48 Å². The molecular formula is C16H17Cl2N3O3. The van der Waals surface area contributed by atoms with Gasteiger partial charge in [0.15, 0.2) is 6.10 Å². The van der Waals surface area contributed by atoms with Crippen LogP contribution in [0, 0.1) is 0 Å². The van der Waals surface area contributed by atoms with Crippen LogP contribution in [0.15, 0.2) is 36.5 Å². The van der Waals surface area contributed by atoms with Crippen LogP contribution in [0.3, 0.4) is 0 Å². The summed E-state index contributed by atoms with van der Waals surface area (Å²) in [5.74, 6) is -0.123. The van der Waals surface area contributed by atoms with Crippen molar-refractivity contribution in [3.63, 3.8) is 0 Å². The van der Waals surface area contributed by atoms with Gasteiger partial charge in [0.25, 0.3) is 5.91 Å². The second-order valence-electron chi connectivity index (χ2n) is 4.99. The van der Waals surface area contributed by atoms with Gasteiger partial charge in [-0.05, 0) is 30.2 Å². The fourth-order valence-electron chi connectivity index (χ4n) is 2.00. The first-order valence-electron chi connectivity index (χ1n) is 7.28. The summed E-state index contributed by atoms with van der Waals surface area (Å²) < 4.78 is 5.58. The van der Waals surface area contributed by atoms with Crippen molar-refractivity contribution < 1.29 is 14.7 Å². The molecule has 0 saturated heterocycles. The minimum absolute atomic E-state index is 0.162. The number of nitrogens with one attached hydrogen (secondary N) is 2. The van der Waals surface area contributed by atoms with Crippen LogP contribution in [-0.4, -0.2) is 22.2 Å². The summed E-state index contributed by atoms with van der Waals surface area (Å²) in [5.41, 5.74) is 3.44. The topological polar surface area (TPSA) is 83.5 Å². The van der Waals surface area contributed by atoms with Crippen molar-refractivity contribution in [2.24, 2.45) is 0 Å². The Morgan fingerprint density at radius 2 is 2.17 bits per heavy atom. The molecular weight excluding hydrogens is 353 g/mol. The second-order valence-corrected chi connectivity index (χ2v) is 5.83. The molecule has 2 rings (SSSR count). The van der Waals surface area contributed by atoms with Crippen LogP contribution in [0.5, 0.6) is 5.88 Å². The zero-order valence-electron chi connectivity index (χ0n) is 12.9. The monoisotopic (exact) mass is 369 g/mol. The number of amides is 1. The molecule has 0 fully saturated rings. The summed E-state index contributed by atoms with van der Waals surface area (Å²) in [6.45, 7) is 2.13. The molecule has 8 heteroatoms. The molecule has 0 radical (unpaired) electrons. The average Bonchev–Trinajstić information content (AvgIpc) is 2.59. The van der Waals surface area contributed by atoms with E-state index in [1.165, 1.54) is 12.3 Å². The van der Waals surface area contributed by atoms with Gasteiger partial charge in [-0.1, -0.05) is 42.3 Å². The van der Waals surface area contributed by atoms with Crippen LogP contribution < -0.4 is 15.5 Å². The van der Waals surface area contributed by atoms with Gasteiger partial charge in [0.2, 0.25) is 5.88 Å². The number of ether oxygens (including phenoxy) is 1. The zero-order valence-corrected chi connectivity index (χ0v) is 14.4. The summed E-state index contributed by atoms with van der Waals surface area (Å²) in [4.78, 5) is 16.3. The average molecular weight is 370 g/mol. The van der Waals surface area contributed by atoms with Crippen LogP contribution in [0.1, 0.15) is 18.9 Å². The van der Waals surface area contributed by atoms with E-state index in [0.717, 1.165) is 5.56 Å².